The Balaban J connectivity index is 1.68. The number of furan rings is 1. The first-order valence-electron chi connectivity index (χ1n) is 8.36. The van der Waals surface area contributed by atoms with Gasteiger partial charge >= 0.3 is 0 Å². The second kappa shape index (κ2) is 8.81. The summed E-state index contributed by atoms with van der Waals surface area (Å²) in [4.78, 5) is 36.8. The molecule has 0 spiro atoms. The minimum absolute atomic E-state index is 0.120. The molecule has 3 rings (SSSR count). The van der Waals surface area contributed by atoms with Crippen LogP contribution >= 0.6 is 23.2 Å². The van der Waals surface area contributed by atoms with Crippen molar-refractivity contribution in [3.05, 3.63) is 87.3 Å². The number of carbonyl (C=O) groups is 3. The monoisotopic (exact) mass is 431 g/mol. The van der Waals surface area contributed by atoms with Crippen LogP contribution in [-0.2, 0) is 0 Å². The van der Waals surface area contributed by atoms with Crippen LogP contribution in [0.4, 0.5) is 5.69 Å². The summed E-state index contributed by atoms with van der Waals surface area (Å²) in [7, 11) is 0. The van der Waals surface area contributed by atoms with Gasteiger partial charge in [0, 0.05) is 16.3 Å². The summed E-state index contributed by atoms with van der Waals surface area (Å²) in [5.41, 5.74) is 6.10. The largest absolute Gasteiger partial charge is 0.459 e. The van der Waals surface area contributed by atoms with Gasteiger partial charge in [0.05, 0.1) is 16.8 Å². The highest BCUT2D eigenvalue weighted by atomic mass is 35.5. The van der Waals surface area contributed by atoms with E-state index < -0.39 is 17.7 Å². The van der Waals surface area contributed by atoms with Crippen molar-refractivity contribution in [2.45, 2.75) is 6.92 Å². The number of carbonyl (C=O) groups excluding carboxylic acids is 3. The van der Waals surface area contributed by atoms with Crippen molar-refractivity contribution in [2.24, 2.45) is 0 Å². The molecule has 0 aliphatic rings. The highest BCUT2D eigenvalue weighted by Crippen LogP contribution is 2.21. The molecule has 0 saturated carbocycles. The third-order valence-corrected chi connectivity index (χ3v) is 4.52. The molecule has 0 aliphatic carbocycles. The quantitative estimate of drug-likeness (QED) is 0.538. The normalized spacial score (nSPS) is 10.3. The zero-order valence-corrected chi connectivity index (χ0v) is 16.6. The fraction of sp³-hybridized carbons (Fsp3) is 0.0500. The van der Waals surface area contributed by atoms with Crippen molar-refractivity contribution < 1.29 is 18.8 Å². The highest BCUT2D eigenvalue weighted by molar-refractivity contribution is 6.35. The number of hydrogen-bond acceptors (Lipinski definition) is 4. The predicted octanol–water partition coefficient (Wildman–Crippen LogP) is 4.22. The Morgan fingerprint density at radius 1 is 0.897 bits per heavy atom. The van der Waals surface area contributed by atoms with E-state index in [-0.39, 0.29) is 21.9 Å². The van der Waals surface area contributed by atoms with Crippen LogP contribution < -0.4 is 16.2 Å². The number of halogens is 2. The molecule has 148 valence electrons. The van der Waals surface area contributed by atoms with E-state index in [4.69, 9.17) is 27.6 Å². The van der Waals surface area contributed by atoms with Crippen molar-refractivity contribution in [1.82, 2.24) is 10.9 Å². The van der Waals surface area contributed by atoms with Gasteiger partial charge in [-0.3, -0.25) is 25.2 Å². The number of hydrogen-bond donors (Lipinski definition) is 3. The highest BCUT2D eigenvalue weighted by Gasteiger charge is 2.15. The number of anilines is 1. The summed E-state index contributed by atoms with van der Waals surface area (Å²) in [6.07, 6.45) is 1.39. The minimum atomic E-state index is -0.621. The molecule has 0 saturated heterocycles. The molecule has 0 unspecified atom stereocenters. The molecule has 9 heteroatoms. The molecule has 3 amide bonds. The molecule has 3 aromatic rings. The lowest BCUT2D eigenvalue weighted by atomic mass is 10.1. The molecule has 0 fully saturated rings. The van der Waals surface area contributed by atoms with E-state index >= 15 is 0 Å². The number of aryl methyl sites for hydroxylation is 1. The molecule has 0 bridgehead atoms. The summed E-state index contributed by atoms with van der Waals surface area (Å²) in [5, 5.41) is 3.21. The van der Waals surface area contributed by atoms with Gasteiger partial charge in [-0.05, 0) is 55.0 Å². The van der Waals surface area contributed by atoms with Crippen LogP contribution in [0, 0.1) is 6.92 Å². The molecular formula is C20H15Cl2N3O4. The molecular weight excluding hydrogens is 417 g/mol. The van der Waals surface area contributed by atoms with Gasteiger partial charge in [-0.25, -0.2) is 0 Å². The van der Waals surface area contributed by atoms with Gasteiger partial charge in [-0.1, -0.05) is 29.3 Å². The second-order valence-corrected chi connectivity index (χ2v) is 6.84. The van der Waals surface area contributed by atoms with Crippen LogP contribution in [0.25, 0.3) is 0 Å². The first-order valence-corrected chi connectivity index (χ1v) is 9.12. The maximum absolute atomic E-state index is 12.4. The number of benzene rings is 2. The second-order valence-electron chi connectivity index (χ2n) is 5.99. The van der Waals surface area contributed by atoms with Crippen LogP contribution in [0.2, 0.25) is 10.0 Å². The fourth-order valence-electron chi connectivity index (χ4n) is 2.41. The summed E-state index contributed by atoms with van der Waals surface area (Å²) >= 11 is 11.8. The van der Waals surface area contributed by atoms with E-state index in [9.17, 15) is 14.4 Å². The van der Waals surface area contributed by atoms with Crippen molar-refractivity contribution in [3.8, 4) is 0 Å². The van der Waals surface area contributed by atoms with Crippen LogP contribution in [0.15, 0.2) is 59.2 Å². The molecule has 1 aromatic heterocycles. The van der Waals surface area contributed by atoms with Crippen molar-refractivity contribution in [3.63, 3.8) is 0 Å². The number of amides is 3. The zero-order valence-electron chi connectivity index (χ0n) is 15.1. The van der Waals surface area contributed by atoms with E-state index in [0.29, 0.717) is 10.7 Å². The maximum Gasteiger partial charge on any atom is 0.291 e. The standard InChI is InChI=1S/C20H15Cl2N3O4/c1-11-4-5-12(9-16(11)23-20(28)17-3-2-8-29-17)18(26)24-25-19(27)14-10-13(21)6-7-15(14)22/h2-10H,1H3,(H,23,28)(H,24,26)(H,25,27). The topological polar surface area (TPSA) is 100 Å². The Morgan fingerprint density at radius 2 is 1.66 bits per heavy atom. The minimum Gasteiger partial charge on any atom is -0.459 e. The van der Waals surface area contributed by atoms with E-state index in [2.05, 4.69) is 16.2 Å². The van der Waals surface area contributed by atoms with E-state index in [1.807, 2.05) is 0 Å². The average Bonchev–Trinajstić information content (AvgIpc) is 3.24. The van der Waals surface area contributed by atoms with Crippen LogP contribution in [-0.4, -0.2) is 17.7 Å². The van der Waals surface area contributed by atoms with Crippen LogP contribution in [0.5, 0.6) is 0 Å². The van der Waals surface area contributed by atoms with Gasteiger partial charge in [-0.15, -0.1) is 0 Å². The number of rotatable bonds is 4. The third-order valence-electron chi connectivity index (χ3n) is 3.96. The predicted molar refractivity (Wildman–Crippen MR) is 109 cm³/mol. The summed E-state index contributed by atoms with van der Waals surface area (Å²) in [6, 6.07) is 12.3. The van der Waals surface area contributed by atoms with Gasteiger partial charge in [0.2, 0.25) is 0 Å². The Hall–Kier alpha value is -3.29. The average molecular weight is 432 g/mol. The van der Waals surface area contributed by atoms with Gasteiger partial charge in [0.1, 0.15) is 0 Å². The van der Waals surface area contributed by atoms with Gasteiger partial charge in [0.25, 0.3) is 17.7 Å². The molecule has 3 N–H and O–H groups in total. The van der Waals surface area contributed by atoms with E-state index in [0.717, 1.165) is 5.56 Å². The first-order chi connectivity index (χ1) is 13.8. The molecule has 2 aromatic carbocycles. The number of nitrogens with one attached hydrogen (secondary N) is 3. The molecule has 29 heavy (non-hydrogen) atoms. The van der Waals surface area contributed by atoms with E-state index in [1.54, 1.807) is 31.2 Å². The smallest absolute Gasteiger partial charge is 0.291 e. The molecule has 0 aliphatic heterocycles. The van der Waals surface area contributed by atoms with Gasteiger partial charge < -0.3 is 9.73 Å². The zero-order chi connectivity index (χ0) is 21.0. The fourth-order valence-corrected chi connectivity index (χ4v) is 2.79. The number of hydrazine groups is 1. The SMILES string of the molecule is Cc1ccc(C(=O)NNC(=O)c2cc(Cl)ccc2Cl)cc1NC(=O)c1ccco1. The van der Waals surface area contributed by atoms with Gasteiger partial charge in [-0.2, -0.15) is 0 Å². The first kappa shape index (κ1) is 20.4. The lowest BCUT2D eigenvalue weighted by Crippen LogP contribution is -2.41. The van der Waals surface area contributed by atoms with Crippen LogP contribution in [0.1, 0.15) is 36.8 Å². The summed E-state index contributed by atoms with van der Waals surface area (Å²) in [5.74, 6) is -1.50. The lowest BCUT2D eigenvalue weighted by molar-refractivity contribution is 0.0847. The molecule has 7 nitrogen and oxygen atoms in total. The molecule has 0 atom stereocenters. The van der Waals surface area contributed by atoms with E-state index in [1.165, 1.54) is 30.5 Å². The van der Waals surface area contributed by atoms with Crippen molar-refractivity contribution >= 4 is 46.6 Å². The van der Waals surface area contributed by atoms with Gasteiger partial charge in [0.15, 0.2) is 5.76 Å². The lowest BCUT2D eigenvalue weighted by Gasteiger charge is -2.11. The Kier molecular flexibility index (Phi) is 6.21. The summed E-state index contributed by atoms with van der Waals surface area (Å²) < 4.78 is 5.05. The van der Waals surface area contributed by atoms with Crippen LogP contribution in [0.3, 0.4) is 0 Å². The maximum atomic E-state index is 12.4. The Morgan fingerprint density at radius 3 is 2.38 bits per heavy atom. The van der Waals surface area contributed by atoms with Crippen molar-refractivity contribution in [2.75, 3.05) is 5.32 Å². The molecule has 0 radical (unpaired) electrons. The molecule has 1 heterocycles. The Bertz CT molecular complexity index is 1080. The third kappa shape index (κ3) is 4.96. The Labute approximate surface area is 176 Å². The summed E-state index contributed by atoms with van der Waals surface area (Å²) in [6.45, 7) is 1.78. The van der Waals surface area contributed by atoms with Crippen molar-refractivity contribution in [1.29, 1.82) is 0 Å².